The third-order valence-electron chi connectivity index (χ3n) is 4.63. The quantitative estimate of drug-likeness (QED) is 0.878. The van der Waals surface area contributed by atoms with Gasteiger partial charge in [-0.3, -0.25) is 4.79 Å². The molecule has 1 aromatic carbocycles. The summed E-state index contributed by atoms with van der Waals surface area (Å²) in [5.41, 5.74) is 6.64. The van der Waals surface area contributed by atoms with Gasteiger partial charge in [-0.05, 0) is 37.7 Å². The highest BCUT2D eigenvalue weighted by atomic mass is 16.2. The van der Waals surface area contributed by atoms with Gasteiger partial charge in [0.15, 0.2) is 0 Å². The Hall–Kier alpha value is -1.35. The second kappa shape index (κ2) is 4.97. The van der Waals surface area contributed by atoms with Crippen molar-refractivity contribution in [2.45, 2.75) is 43.6 Å². The Morgan fingerprint density at radius 3 is 2.42 bits per heavy atom. The van der Waals surface area contributed by atoms with Crippen LogP contribution in [0.5, 0.6) is 0 Å². The first kappa shape index (κ1) is 12.7. The van der Waals surface area contributed by atoms with E-state index in [1.54, 1.807) is 0 Å². The summed E-state index contributed by atoms with van der Waals surface area (Å²) in [5.74, 6) is 0.314. The van der Waals surface area contributed by atoms with Gasteiger partial charge in [0.1, 0.15) is 0 Å². The van der Waals surface area contributed by atoms with Crippen LogP contribution in [0.4, 0.5) is 0 Å². The predicted octanol–water partition coefficient (Wildman–Crippen LogP) is 2.06. The molecule has 0 spiro atoms. The third-order valence-corrected chi connectivity index (χ3v) is 4.63. The van der Waals surface area contributed by atoms with E-state index < -0.39 is 0 Å². The first-order valence-electron chi connectivity index (χ1n) is 7.34. The number of benzene rings is 1. The van der Waals surface area contributed by atoms with Gasteiger partial charge in [-0.1, -0.05) is 30.3 Å². The summed E-state index contributed by atoms with van der Waals surface area (Å²) >= 11 is 0. The average molecular weight is 258 g/mol. The van der Waals surface area contributed by atoms with Crippen LogP contribution in [0.3, 0.4) is 0 Å². The second-order valence-corrected chi connectivity index (χ2v) is 5.82. The Morgan fingerprint density at radius 1 is 1.26 bits per heavy atom. The summed E-state index contributed by atoms with van der Waals surface area (Å²) < 4.78 is 0. The van der Waals surface area contributed by atoms with Crippen LogP contribution >= 0.6 is 0 Å². The number of rotatable bonds is 5. The Bertz CT molecular complexity index is 449. The third kappa shape index (κ3) is 2.16. The first-order chi connectivity index (χ1) is 9.28. The molecule has 1 amide bonds. The minimum Gasteiger partial charge on any atom is -0.338 e. The molecule has 19 heavy (non-hydrogen) atoms. The van der Waals surface area contributed by atoms with Gasteiger partial charge in [-0.2, -0.15) is 0 Å². The molecule has 3 heteroatoms. The average Bonchev–Trinajstić information content (AvgIpc) is 3.18. The summed E-state index contributed by atoms with van der Waals surface area (Å²) in [6.45, 7) is 1.27. The Kier molecular flexibility index (Phi) is 3.31. The molecule has 0 heterocycles. The molecule has 2 N–H and O–H groups in total. The molecule has 0 unspecified atom stereocenters. The maximum Gasteiger partial charge on any atom is 0.233 e. The van der Waals surface area contributed by atoms with Crippen molar-refractivity contribution in [2.75, 3.05) is 13.1 Å². The van der Waals surface area contributed by atoms with Crippen LogP contribution in [0, 0.1) is 0 Å². The van der Waals surface area contributed by atoms with Gasteiger partial charge >= 0.3 is 0 Å². The number of hydrogen-bond acceptors (Lipinski definition) is 2. The summed E-state index contributed by atoms with van der Waals surface area (Å²) in [6, 6.07) is 10.7. The number of nitrogens with two attached hydrogens (primary N) is 1. The topological polar surface area (TPSA) is 46.3 Å². The van der Waals surface area contributed by atoms with Crippen molar-refractivity contribution in [3.05, 3.63) is 35.9 Å². The number of hydrogen-bond donors (Lipinski definition) is 1. The van der Waals surface area contributed by atoms with Crippen molar-refractivity contribution in [3.8, 4) is 0 Å². The number of amides is 1. The minimum absolute atomic E-state index is 0.230. The van der Waals surface area contributed by atoms with E-state index in [4.69, 9.17) is 5.73 Å². The number of carbonyl (C=O) groups is 1. The van der Waals surface area contributed by atoms with Gasteiger partial charge in [0.25, 0.3) is 0 Å². The van der Waals surface area contributed by atoms with E-state index in [2.05, 4.69) is 17.0 Å². The predicted molar refractivity (Wildman–Crippen MR) is 75.8 cm³/mol. The van der Waals surface area contributed by atoms with Crippen molar-refractivity contribution in [1.82, 2.24) is 4.90 Å². The maximum absolute atomic E-state index is 12.9. The van der Waals surface area contributed by atoms with E-state index in [9.17, 15) is 4.79 Å². The largest absolute Gasteiger partial charge is 0.338 e. The maximum atomic E-state index is 12.9. The second-order valence-electron chi connectivity index (χ2n) is 5.82. The van der Waals surface area contributed by atoms with E-state index in [0.29, 0.717) is 25.0 Å². The van der Waals surface area contributed by atoms with Crippen molar-refractivity contribution in [2.24, 2.45) is 5.73 Å². The Morgan fingerprint density at radius 2 is 1.95 bits per heavy atom. The lowest BCUT2D eigenvalue weighted by atomic mass is 9.88. The van der Waals surface area contributed by atoms with Crippen LogP contribution in [-0.4, -0.2) is 29.9 Å². The summed E-state index contributed by atoms with van der Waals surface area (Å²) in [6.07, 6.45) is 5.53. The zero-order valence-electron chi connectivity index (χ0n) is 11.3. The van der Waals surface area contributed by atoms with Crippen molar-refractivity contribution >= 4 is 5.91 Å². The SMILES string of the molecule is NCCN(C(=O)C1(c2ccccc2)CC1)C1CCC1. The van der Waals surface area contributed by atoms with Crippen LogP contribution < -0.4 is 5.73 Å². The standard InChI is InChI=1S/C16H22N2O/c17-11-12-18(14-7-4-8-14)15(19)16(9-10-16)13-5-2-1-3-6-13/h1-3,5-6,14H,4,7-12,17H2. The van der Waals surface area contributed by atoms with Crippen LogP contribution in [0.25, 0.3) is 0 Å². The fourth-order valence-corrected chi connectivity index (χ4v) is 3.07. The smallest absolute Gasteiger partial charge is 0.233 e. The molecule has 3 nitrogen and oxygen atoms in total. The van der Waals surface area contributed by atoms with Gasteiger partial charge in [0.05, 0.1) is 5.41 Å². The molecule has 2 saturated carbocycles. The zero-order chi connectivity index (χ0) is 13.3. The van der Waals surface area contributed by atoms with Crippen LogP contribution in [0.1, 0.15) is 37.7 Å². The highest BCUT2D eigenvalue weighted by molar-refractivity contribution is 5.91. The number of carbonyl (C=O) groups excluding carboxylic acids is 1. The molecular formula is C16H22N2O. The molecule has 1 aromatic rings. The molecule has 2 aliphatic rings. The van der Waals surface area contributed by atoms with E-state index in [-0.39, 0.29) is 5.41 Å². The van der Waals surface area contributed by atoms with Gasteiger partial charge in [0, 0.05) is 19.1 Å². The summed E-state index contributed by atoms with van der Waals surface area (Å²) in [5, 5.41) is 0. The van der Waals surface area contributed by atoms with E-state index in [1.807, 2.05) is 18.2 Å². The normalized spacial score (nSPS) is 20.7. The lowest BCUT2D eigenvalue weighted by Gasteiger charge is -2.39. The monoisotopic (exact) mass is 258 g/mol. The van der Waals surface area contributed by atoms with Crippen molar-refractivity contribution in [1.29, 1.82) is 0 Å². The van der Waals surface area contributed by atoms with Crippen LogP contribution in [0.15, 0.2) is 30.3 Å². The molecule has 0 aromatic heterocycles. The van der Waals surface area contributed by atoms with Gasteiger partial charge in [0.2, 0.25) is 5.91 Å². The molecule has 0 aliphatic heterocycles. The molecule has 3 rings (SSSR count). The summed E-state index contributed by atoms with van der Waals surface area (Å²) in [4.78, 5) is 15.0. The fourth-order valence-electron chi connectivity index (χ4n) is 3.07. The van der Waals surface area contributed by atoms with Crippen LogP contribution in [-0.2, 0) is 10.2 Å². The Balaban J connectivity index is 1.81. The molecule has 2 aliphatic carbocycles. The molecule has 0 saturated heterocycles. The number of nitrogens with zero attached hydrogens (tertiary/aromatic N) is 1. The molecular weight excluding hydrogens is 236 g/mol. The molecule has 0 radical (unpaired) electrons. The van der Waals surface area contributed by atoms with Crippen molar-refractivity contribution < 1.29 is 4.79 Å². The summed E-state index contributed by atoms with van der Waals surface area (Å²) in [7, 11) is 0. The highest BCUT2D eigenvalue weighted by Crippen LogP contribution is 2.50. The lowest BCUT2D eigenvalue weighted by Crippen LogP contribution is -2.50. The van der Waals surface area contributed by atoms with E-state index in [1.165, 1.54) is 12.0 Å². The van der Waals surface area contributed by atoms with Gasteiger partial charge in [-0.15, -0.1) is 0 Å². The van der Waals surface area contributed by atoms with Gasteiger partial charge < -0.3 is 10.6 Å². The lowest BCUT2D eigenvalue weighted by molar-refractivity contribution is -0.138. The molecule has 2 fully saturated rings. The zero-order valence-corrected chi connectivity index (χ0v) is 11.3. The molecule has 102 valence electrons. The van der Waals surface area contributed by atoms with E-state index in [0.717, 1.165) is 25.7 Å². The molecule has 0 bridgehead atoms. The fraction of sp³-hybridized carbons (Fsp3) is 0.562. The highest BCUT2D eigenvalue weighted by Gasteiger charge is 2.53. The van der Waals surface area contributed by atoms with Crippen LogP contribution in [0.2, 0.25) is 0 Å². The minimum atomic E-state index is -0.230. The Labute approximate surface area is 114 Å². The molecule has 0 atom stereocenters. The van der Waals surface area contributed by atoms with E-state index >= 15 is 0 Å². The first-order valence-corrected chi connectivity index (χ1v) is 7.34. The van der Waals surface area contributed by atoms with Gasteiger partial charge in [-0.25, -0.2) is 0 Å². The van der Waals surface area contributed by atoms with Crippen molar-refractivity contribution in [3.63, 3.8) is 0 Å².